The van der Waals surface area contributed by atoms with E-state index >= 15 is 0 Å². The Bertz CT molecular complexity index is 1110. The lowest BCUT2D eigenvalue weighted by atomic mass is 10.1. The third-order valence-electron chi connectivity index (χ3n) is 4.85. The van der Waals surface area contributed by atoms with E-state index in [1.807, 2.05) is 45.0 Å². The van der Waals surface area contributed by atoms with E-state index in [2.05, 4.69) is 5.10 Å². The summed E-state index contributed by atoms with van der Waals surface area (Å²) in [6.07, 6.45) is 1.41. The molecule has 4 rings (SSSR count). The third kappa shape index (κ3) is 3.00. The minimum atomic E-state index is -0.803. The Morgan fingerprint density at radius 2 is 1.55 bits per heavy atom. The molecule has 29 heavy (non-hydrogen) atoms. The van der Waals surface area contributed by atoms with Crippen LogP contribution in [-0.2, 0) is 4.84 Å². The van der Waals surface area contributed by atoms with Crippen molar-refractivity contribution in [1.82, 2.24) is 14.8 Å². The second-order valence-corrected chi connectivity index (χ2v) is 7.13. The van der Waals surface area contributed by atoms with Gasteiger partial charge in [-0.05, 0) is 36.6 Å². The summed E-state index contributed by atoms with van der Waals surface area (Å²) in [6, 6.07) is 14.0. The molecule has 0 saturated heterocycles. The molecule has 0 N–H and O–H groups in total. The number of hydroxylamine groups is 2. The molecule has 0 unspecified atom stereocenters. The first kappa shape index (κ1) is 18.6. The predicted octanol–water partition coefficient (Wildman–Crippen LogP) is 3.67. The smallest absolute Gasteiger partial charge is 0.324 e. The number of aromatic nitrogens is 2. The Kier molecular flexibility index (Phi) is 4.50. The monoisotopic (exact) mass is 389 g/mol. The third-order valence-corrected chi connectivity index (χ3v) is 4.85. The van der Waals surface area contributed by atoms with Gasteiger partial charge in [0.1, 0.15) is 5.56 Å². The number of aryl methyl sites for hydroxylation is 1. The topological polar surface area (TPSA) is 81.5 Å². The molecule has 3 aromatic rings. The number of imide groups is 1. The second kappa shape index (κ2) is 7.01. The van der Waals surface area contributed by atoms with Gasteiger partial charge in [-0.3, -0.25) is 9.59 Å². The Morgan fingerprint density at radius 3 is 2.14 bits per heavy atom. The molecule has 0 bridgehead atoms. The molecule has 0 atom stereocenters. The maximum Gasteiger partial charge on any atom is 0.367 e. The molecular formula is C22H19N3O4. The van der Waals surface area contributed by atoms with Gasteiger partial charge >= 0.3 is 5.97 Å². The van der Waals surface area contributed by atoms with Crippen molar-refractivity contribution in [1.29, 1.82) is 0 Å². The number of rotatable bonds is 4. The van der Waals surface area contributed by atoms with Crippen LogP contribution in [0.2, 0.25) is 0 Å². The molecule has 2 aromatic carbocycles. The van der Waals surface area contributed by atoms with Crippen molar-refractivity contribution in [3.63, 3.8) is 0 Å². The number of carbonyl (C=O) groups is 3. The van der Waals surface area contributed by atoms with Gasteiger partial charge in [0.05, 0.1) is 28.7 Å². The SMILES string of the molecule is Cc1ccccc1-n1ncc(C(=O)ON2C(=O)c3ccccc3C2=O)c1C(C)C. The van der Waals surface area contributed by atoms with Crippen molar-refractivity contribution in [2.24, 2.45) is 0 Å². The van der Waals surface area contributed by atoms with E-state index in [1.165, 1.54) is 18.3 Å². The van der Waals surface area contributed by atoms with Crippen LogP contribution in [0.25, 0.3) is 5.69 Å². The molecule has 1 aliphatic heterocycles. The van der Waals surface area contributed by atoms with Gasteiger partial charge in [-0.15, -0.1) is 0 Å². The number of para-hydroxylation sites is 1. The highest BCUT2D eigenvalue weighted by Gasteiger charge is 2.39. The zero-order valence-electron chi connectivity index (χ0n) is 16.2. The van der Waals surface area contributed by atoms with E-state index in [0.29, 0.717) is 10.8 Å². The fourth-order valence-corrected chi connectivity index (χ4v) is 3.45. The maximum atomic E-state index is 12.9. The molecule has 0 saturated carbocycles. The second-order valence-electron chi connectivity index (χ2n) is 7.13. The normalized spacial score (nSPS) is 13.2. The van der Waals surface area contributed by atoms with Crippen LogP contribution in [0.15, 0.2) is 54.7 Å². The van der Waals surface area contributed by atoms with Crippen molar-refractivity contribution < 1.29 is 19.2 Å². The van der Waals surface area contributed by atoms with Crippen molar-refractivity contribution in [2.75, 3.05) is 0 Å². The molecule has 1 aliphatic rings. The van der Waals surface area contributed by atoms with Crippen LogP contribution in [0.3, 0.4) is 0 Å². The standard InChI is InChI=1S/C22H19N3O4/c1-13(2)19-17(12-23-24(19)18-11-7-4-8-14(18)3)22(28)29-25-20(26)15-9-5-6-10-16(15)21(25)27/h4-13H,1-3H3. The molecule has 0 fully saturated rings. The van der Waals surface area contributed by atoms with E-state index in [1.54, 1.807) is 16.8 Å². The fourth-order valence-electron chi connectivity index (χ4n) is 3.45. The Labute approximate surface area is 167 Å². The van der Waals surface area contributed by atoms with Gasteiger partial charge in [-0.2, -0.15) is 5.10 Å². The number of carbonyl (C=O) groups excluding carboxylic acids is 3. The highest BCUT2D eigenvalue weighted by Crippen LogP contribution is 2.27. The fraction of sp³-hybridized carbons (Fsp3) is 0.182. The van der Waals surface area contributed by atoms with E-state index < -0.39 is 17.8 Å². The van der Waals surface area contributed by atoms with E-state index in [0.717, 1.165) is 11.3 Å². The quantitative estimate of drug-likeness (QED) is 0.636. The van der Waals surface area contributed by atoms with Gasteiger partial charge < -0.3 is 4.84 Å². The maximum absolute atomic E-state index is 12.9. The molecule has 2 amide bonds. The van der Waals surface area contributed by atoms with Gasteiger partial charge in [0.15, 0.2) is 0 Å². The molecule has 0 radical (unpaired) electrons. The van der Waals surface area contributed by atoms with Crippen LogP contribution in [0.5, 0.6) is 0 Å². The van der Waals surface area contributed by atoms with Crippen LogP contribution in [0.4, 0.5) is 0 Å². The van der Waals surface area contributed by atoms with E-state index in [9.17, 15) is 14.4 Å². The lowest BCUT2D eigenvalue weighted by Gasteiger charge is -2.16. The molecule has 146 valence electrons. The Morgan fingerprint density at radius 1 is 0.966 bits per heavy atom. The van der Waals surface area contributed by atoms with Crippen LogP contribution in [0, 0.1) is 6.92 Å². The molecule has 7 heteroatoms. The van der Waals surface area contributed by atoms with Crippen LogP contribution in [0.1, 0.15) is 62.1 Å². The summed E-state index contributed by atoms with van der Waals surface area (Å²) in [6.45, 7) is 5.83. The summed E-state index contributed by atoms with van der Waals surface area (Å²) in [4.78, 5) is 43.0. The summed E-state index contributed by atoms with van der Waals surface area (Å²) in [5, 5.41) is 4.89. The number of hydrogen-bond donors (Lipinski definition) is 0. The van der Waals surface area contributed by atoms with Gasteiger partial charge in [0.25, 0.3) is 11.8 Å². The highest BCUT2D eigenvalue weighted by molar-refractivity contribution is 6.21. The minimum absolute atomic E-state index is 0.0539. The molecule has 7 nitrogen and oxygen atoms in total. The number of nitrogens with zero attached hydrogens (tertiary/aromatic N) is 3. The zero-order chi connectivity index (χ0) is 20.7. The largest absolute Gasteiger partial charge is 0.367 e. The molecular weight excluding hydrogens is 370 g/mol. The highest BCUT2D eigenvalue weighted by atomic mass is 16.7. The Balaban J connectivity index is 1.68. The summed E-state index contributed by atoms with van der Waals surface area (Å²) in [5.74, 6) is -2.17. The average molecular weight is 389 g/mol. The van der Waals surface area contributed by atoms with E-state index in [-0.39, 0.29) is 22.6 Å². The van der Waals surface area contributed by atoms with Crippen molar-refractivity contribution in [2.45, 2.75) is 26.7 Å². The molecule has 2 heterocycles. The Hall–Kier alpha value is -3.74. The molecule has 0 spiro atoms. The number of fused-ring (bicyclic) bond motifs is 1. The minimum Gasteiger partial charge on any atom is -0.324 e. The van der Waals surface area contributed by atoms with Crippen LogP contribution in [-0.4, -0.2) is 32.6 Å². The lowest BCUT2D eigenvalue weighted by Crippen LogP contribution is -2.33. The number of hydrogen-bond acceptors (Lipinski definition) is 5. The van der Waals surface area contributed by atoms with Crippen LogP contribution < -0.4 is 0 Å². The van der Waals surface area contributed by atoms with Crippen molar-refractivity contribution in [3.05, 3.63) is 82.7 Å². The number of amides is 2. The summed E-state index contributed by atoms with van der Waals surface area (Å²) in [5.41, 5.74) is 3.12. The predicted molar refractivity (Wildman–Crippen MR) is 105 cm³/mol. The van der Waals surface area contributed by atoms with Gasteiger partial charge in [0.2, 0.25) is 0 Å². The molecule has 0 aliphatic carbocycles. The summed E-state index contributed by atoms with van der Waals surface area (Å²) >= 11 is 0. The van der Waals surface area contributed by atoms with Crippen molar-refractivity contribution >= 4 is 17.8 Å². The summed E-state index contributed by atoms with van der Waals surface area (Å²) in [7, 11) is 0. The van der Waals surface area contributed by atoms with E-state index in [4.69, 9.17) is 4.84 Å². The molecule has 1 aromatic heterocycles. The van der Waals surface area contributed by atoms with Crippen LogP contribution >= 0.6 is 0 Å². The van der Waals surface area contributed by atoms with Gasteiger partial charge in [0, 0.05) is 0 Å². The summed E-state index contributed by atoms with van der Waals surface area (Å²) < 4.78 is 1.69. The lowest BCUT2D eigenvalue weighted by molar-refractivity contribution is -0.0585. The average Bonchev–Trinajstić information content (AvgIpc) is 3.25. The van der Waals surface area contributed by atoms with Gasteiger partial charge in [-0.25, -0.2) is 9.48 Å². The zero-order valence-corrected chi connectivity index (χ0v) is 16.2. The first-order chi connectivity index (χ1) is 13.9. The van der Waals surface area contributed by atoms with Gasteiger partial charge in [-0.1, -0.05) is 49.2 Å². The number of benzene rings is 2. The first-order valence-corrected chi connectivity index (χ1v) is 9.24. The van der Waals surface area contributed by atoms with Crippen molar-refractivity contribution in [3.8, 4) is 5.69 Å². The first-order valence-electron chi connectivity index (χ1n) is 9.24.